The first-order valence-corrected chi connectivity index (χ1v) is 10.2. The molecule has 0 bridgehead atoms. The fourth-order valence-electron chi connectivity index (χ4n) is 3.23. The molecule has 26 heavy (non-hydrogen) atoms. The lowest BCUT2D eigenvalue weighted by Crippen LogP contribution is -2.49. The molecule has 1 fully saturated rings. The monoisotopic (exact) mass is 373 g/mol. The number of benzene rings is 1. The van der Waals surface area contributed by atoms with Crippen LogP contribution in [0.2, 0.25) is 0 Å². The summed E-state index contributed by atoms with van der Waals surface area (Å²) in [7, 11) is -3.66. The molecule has 1 aliphatic rings. The van der Waals surface area contributed by atoms with Gasteiger partial charge in [-0.15, -0.1) is 0 Å². The van der Waals surface area contributed by atoms with Gasteiger partial charge >= 0.3 is 0 Å². The van der Waals surface area contributed by atoms with E-state index in [1.54, 1.807) is 48.8 Å². The zero-order valence-corrected chi connectivity index (χ0v) is 15.5. The molecular weight excluding hydrogens is 350 g/mol. The standard InChI is InChI=1S/C19H23N3O3S/c1-15-8-10-17(11-9-15)26(24,25)21-18-6-2-3-7-19(18)22(23)14-16-5-4-12-20-13-16/h4-5,8-14,18-19,21H,2-3,6-7H2,1H3/b22-14-/t18-,19-/m1/s1. The maximum absolute atomic E-state index is 12.7. The van der Waals surface area contributed by atoms with Crippen molar-refractivity contribution < 1.29 is 13.2 Å². The van der Waals surface area contributed by atoms with Gasteiger partial charge in [0.05, 0.1) is 16.5 Å². The summed E-state index contributed by atoms with van der Waals surface area (Å²) in [6.45, 7) is 1.91. The van der Waals surface area contributed by atoms with Crippen molar-refractivity contribution in [2.45, 2.75) is 49.6 Å². The maximum atomic E-state index is 12.7. The Kier molecular flexibility index (Phi) is 5.68. The highest BCUT2D eigenvalue weighted by atomic mass is 32.2. The number of aryl methyl sites for hydroxylation is 1. The molecular formula is C19H23N3O3S. The Labute approximate surface area is 154 Å². The van der Waals surface area contributed by atoms with Crippen molar-refractivity contribution in [1.29, 1.82) is 0 Å². The van der Waals surface area contributed by atoms with Gasteiger partial charge in [0.2, 0.25) is 10.0 Å². The Morgan fingerprint density at radius 1 is 1.19 bits per heavy atom. The first kappa shape index (κ1) is 18.5. The molecule has 1 aromatic heterocycles. The van der Waals surface area contributed by atoms with Gasteiger partial charge in [-0.25, -0.2) is 17.9 Å². The summed E-state index contributed by atoms with van der Waals surface area (Å²) < 4.78 is 29.0. The molecule has 1 aromatic carbocycles. The second-order valence-corrected chi connectivity index (χ2v) is 8.38. The molecule has 0 radical (unpaired) electrons. The number of hydroxylamine groups is 1. The van der Waals surface area contributed by atoms with E-state index in [9.17, 15) is 13.6 Å². The molecule has 0 spiro atoms. The fraction of sp³-hybridized carbons (Fsp3) is 0.368. The lowest BCUT2D eigenvalue weighted by molar-refractivity contribution is -0.504. The molecule has 0 amide bonds. The molecule has 7 heteroatoms. The third-order valence-electron chi connectivity index (χ3n) is 4.65. The minimum atomic E-state index is -3.66. The van der Waals surface area contributed by atoms with Crippen LogP contribution >= 0.6 is 0 Å². The minimum absolute atomic E-state index is 0.223. The van der Waals surface area contributed by atoms with Crippen LogP contribution in [0.1, 0.15) is 36.8 Å². The van der Waals surface area contributed by atoms with Crippen molar-refractivity contribution >= 4 is 16.2 Å². The molecule has 0 saturated heterocycles. The van der Waals surface area contributed by atoms with Crippen LogP contribution in [-0.2, 0) is 10.0 Å². The van der Waals surface area contributed by atoms with Crippen LogP contribution in [-0.4, -0.2) is 36.4 Å². The SMILES string of the molecule is Cc1ccc(S(=O)(=O)N[C@@H]2CCCC[C@H]2/[N+]([O-])=C/c2cccnc2)cc1. The highest BCUT2D eigenvalue weighted by Gasteiger charge is 2.34. The molecule has 6 nitrogen and oxygen atoms in total. The van der Waals surface area contributed by atoms with Crippen LogP contribution in [0.15, 0.2) is 53.7 Å². The van der Waals surface area contributed by atoms with E-state index in [4.69, 9.17) is 0 Å². The van der Waals surface area contributed by atoms with Crippen LogP contribution in [0.5, 0.6) is 0 Å². The Bertz CT molecular complexity index is 865. The Hall–Kier alpha value is -2.25. The Morgan fingerprint density at radius 3 is 2.62 bits per heavy atom. The van der Waals surface area contributed by atoms with Crippen molar-refractivity contribution in [2.24, 2.45) is 0 Å². The van der Waals surface area contributed by atoms with Gasteiger partial charge in [-0.05, 0) is 44.0 Å². The van der Waals surface area contributed by atoms with Crippen LogP contribution in [0.25, 0.3) is 0 Å². The number of sulfonamides is 1. The van der Waals surface area contributed by atoms with Gasteiger partial charge < -0.3 is 5.21 Å². The molecule has 138 valence electrons. The minimum Gasteiger partial charge on any atom is -0.624 e. The van der Waals surface area contributed by atoms with E-state index in [1.807, 2.05) is 6.92 Å². The first-order valence-electron chi connectivity index (χ1n) is 8.75. The summed E-state index contributed by atoms with van der Waals surface area (Å²) in [5, 5.41) is 12.6. The molecule has 3 rings (SSSR count). The summed E-state index contributed by atoms with van der Waals surface area (Å²) >= 11 is 0. The van der Waals surface area contributed by atoms with E-state index in [0.29, 0.717) is 18.4 Å². The third kappa shape index (κ3) is 4.47. The molecule has 1 N–H and O–H groups in total. The number of nitrogens with one attached hydrogen (secondary N) is 1. The van der Waals surface area contributed by atoms with Gasteiger partial charge in [0, 0.05) is 18.8 Å². The molecule has 2 atom stereocenters. The van der Waals surface area contributed by atoms with Crippen LogP contribution in [0, 0.1) is 12.1 Å². The lowest BCUT2D eigenvalue weighted by Gasteiger charge is -2.30. The molecule has 0 unspecified atom stereocenters. The fourth-order valence-corrected chi connectivity index (χ4v) is 4.54. The van der Waals surface area contributed by atoms with Crippen LogP contribution < -0.4 is 4.72 Å². The highest BCUT2D eigenvalue weighted by Crippen LogP contribution is 2.23. The molecule has 2 aromatic rings. The zero-order chi connectivity index (χ0) is 18.6. The van der Waals surface area contributed by atoms with E-state index < -0.39 is 22.1 Å². The van der Waals surface area contributed by atoms with E-state index >= 15 is 0 Å². The number of rotatable bonds is 5. The molecule has 0 aliphatic heterocycles. The average molecular weight is 373 g/mol. The smallest absolute Gasteiger partial charge is 0.241 e. The van der Waals surface area contributed by atoms with E-state index in [0.717, 1.165) is 23.1 Å². The average Bonchev–Trinajstić information content (AvgIpc) is 2.63. The van der Waals surface area contributed by atoms with Crippen molar-refractivity contribution in [1.82, 2.24) is 9.71 Å². The Morgan fingerprint density at radius 2 is 1.92 bits per heavy atom. The Balaban J connectivity index is 1.80. The lowest BCUT2D eigenvalue weighted by atomic mass is 9.91. The predicted octanol–water partition coefficient (Wildman–Crippen LogP) is 2.61. The van der Waals surface area contributed by atoms with E-state index in [-0.39, 0.29) is 4.90 Å². The topological polar surface area (TPSA) is 85.1 Å². The number of hydrogen-bond donors (Lipinski definition) is 1. The third-order valence-corrected chi connectivity index (χ3v) is 6.16. The normalized spacial score (nSPS) is 21.5. The summed E-state index contributed by atoms with van der Waals surface area (Å²) in [4.78, 5) is 4.22. The number of nitrogens with zero attached hydrogens (tertiary/aromatic N) is 2. The van der Waals surface area contributed by atoms with Crippen LogP contribution in [0.4, 0.5) is 0 Å². The van der Waals surface area contributed by atoms with Crippen molar-refractivity contribution in [3.63, 3.8) is 0 Å². The number of pyridine rings is 1. The van der Waals surface area contributed by atoms with Gasteiger partial charge in [-0.3, -0.25) is 4.98 Å². The van der Waals surface area contributed by atoms with Gasteiger partial charge in [0.25, 0.3) is 0 Å². The van der Waals surface area contributed by atoms with Crippen LogP contribution in [0.3, 0.4) is 0 Å². The number of hydrogen-bond acceptors (Lipinski definition) is 4. The summed E-state index contributed by atoms with van der Waals surface area (Å²) in [6.07, 6.45) is 7.85. The van der Waals surface area contributed by atoms with E-state index in [2.05, 4.69) is 9.71 Å². The van der Waals surface area contributed by atoms with E-state index in [1.165, 1.54) is 6.21 Å². The number of aromatic nitrogens is 1. The first-order chi connectivity index (χ1) is 12.5. The van der Waals surface area contributed by atoms with Crippen molar-refractivity contribution in [3.8, 4) is 0 Å². The maximum Gasteiger partial charge on any atom is 0.241 e. The molecule has 1 heterocycles. The molecule has 1 saturated carbocycles. The summed E-state index contributed by atoms with van der Waals surface area (Å²) in [5.41, 5.74) is 1.70. The van der Waals surface area contributed by atoms with Gasteiger partial charge in [0.1, 0.15) is 0 Å². The predicted molar refractivity (Wildman–Crippen MR) is 101 cm³/mol. The zero-order valence-electron chi connectivity index (χ0n) is 14.7. The second-order valence-electron chi connectivity index (χ2n) is 6.67. The van der Waals surface area contributed by atoms with Crippen molar-refractivity contribution in [3.05, 3.63) is 65.1 Å². The largest absolute Gasteiger partial charge is 0.624 e. The summed E-state index contributed by atoms with van der Waals surface area (Å²) in [6, 6.07) is 9.43. The molecule has 1 aliphatic carbocycles. The highest BCUT2D eigenvalue weighted by molar-refractivity contribution is 7.89. The van der Waals surface area contributed by atoms with Gasteiger partial charge in [0.15, 0.2) is 12.3 Å². The quantitative estimate of drug-likeness (QED) is 0.378. The second kappa shape index (κ2) is 7.97. The van der Waals surface area contributed by atoms with Gasteiger partial charge in [-0.1, -0.05) is 24.1 Å². The van der Waals surface area contributed by atoms with Gasteiger partial charge in [-0.2, -0.15) is 0 Å². The van der Waals surface area contributed by atoms with Crippen molar-refractivity contribution in [2.75, 3.05) is 0 Å². The summed E-state index contributed by atoms with van der Waals surface area (Å²) in [5.74, 6) is 0.